The largest absolute Gasteiger partial charge is 0.143 e. The molecule has 0 saturated heterocycles. The van der Waals surface area contributed by atoms with Gasteiger partial charge in [-0.1, -0.05) is 34.8 Å². The van der Waals surface area contributed by atoms with Gasteiger partial charge in [-0.2, -0.15) is 0 Å². The molecule has 0 fully saturated rings. The zero-order chi connectivity index (χ0) is 7.44. The molecule has 0 bridgehead atoms. The van der Waals surface area contributed by atoms with Crippen LogP contribution in [0.4, 0.5) is 0 Å². The van der Waals surface area contributed by atoms with Gasteiger partial charge in [0.1, 0.15) is 4.84 Å². The molecule has 9 heavy (non-hydrogen) atoms. The summed E-state index contributed by atoms with van der Waals surface area (Å²) >= 11 is 21.9. The third kappa shape index (κ3) is 3.57. The van der Waals surface area contributed by atoms with Crippen LogP contribution < -0.4 is 0 Å². The van der Waals surface area contributed by atoms with Gasteiger partial charge in [0.25, 0.3) is 0 Å². The van der Waals surface area contributed by atoms with Gasteiger partial charge in [0.2, 0.25) is 0 Å². The molecule has 0 aliphatic carbocycles. The molecule has 0 aromatic heterocycles. The lowest BCUT2D eigenvalue weighted by Gasteiger charge is -2.00. The molecular formula is C5H6Cl4. The molecule has 0 aliphatic heterocycles. The summed E-state index contributed by atoms with van der Waals surface area (Å²) in [6.07, 6.45) is 0. The molecule has 0 aromatic rings. The maximum atomic E-state index is 5.60. The number of hydrogen-bond acceptors (Lipinski definition) is 0. The van der Waals surface area contributed by atoms with Crippen molar-refractivity contribution in [3.63, 3.8) is 0 Å². The predicted molar refractivity (Wildman–Crippen MR) is 44.8 cm³/mol. The fourth-order valence-corrected chi connectivity index (χ4v) is 0.902. The van der Waals surface area contributed by atoms with Gasteiger partial charge in [-0.3, -0.25) is 0 Å². The van der Waals surface area contributed by atoms with Crippen molar-refractivity contribution in [2.45, 2.75) is 11.8 Å². The summed E-state index contributed by atoms with van der Waals surface area (Å²) in [5, 5.41) is 0.424. The van der Waals surface area contributed by atoms with E-state index >= 15 is 0 Å². The van der Waals surface area contributed by atoms with E-state index in [2.05, 4.69) is 0 Å². The van der Waals surface area contributed by atoms with Crippen molar-refractivity contribution in [3.8, 4) is 0 Å². The van der Waals surface area contributed by atoms with E-state index in [0.717, 1.165) is 5.57 Å². The van der Waals surface area contributed by atoms with Gasteiger partial charge in [-0.15, -0.1) is 11.6 Å². The summed E-state index contributed by atoms with van der Waals surface area (Å²) in [4.78, 5) is -0.648. The van der Waals surface area contributed by atoms with Crippen LogP contribution in [0.25, 0.3) is 0 Å². The molecule has 0 atom stereocenters. The minimum atomic E-state index is -0.648. The lowest BCUT2D eigenvalue weighted by atomic mass is 10.3. The molecule has 0 saturated carbocycles. The second-order valence-corrected chi connectivity index (χ2v) is 3.33. The van der Waals surface area contributed by atoms with E-state index in [1.807, 2.05) is 0 Å². The fraction of sp³-hybridized carbons (Fsp3) is 0.600. The Labute approximate surface area is 74.7 Å². The van der Waals surface area contributed by atoms with Crippen LogP contribution in [-0.2, 0) is 0 Å². The van der Waals surface area contributed by atoms with Crippen molar-refractivity contribution < 1.29 is 0 Å². The summed E-state index contributed by atoms with van der Waals surface area (Å²) in [5.74, 6) is 0.370. The zero-order valence-corrected chi connectivity index (χ0v) is 7.82. The summed E-state index contributed by atoms with van der Waals surface area (Å²) < 4.78 is 0. The van der Waals surface area contributed by atoms with Gasteiger partial charge in [0.15, 0.2) is 0 Å². The number of alkyl halides is 3. The predicted octanol–water partition coefficient (Wildman–Crippen LogP) is 3.54. The molecule has 0 aliphatic rings. The molecule has 0 rings (SSSR count). The van der Waals surface area contributed by atoms with Gasteiger partial charge >= 0.3 is 0 Å². The average molecular weight is 208 g/mol. The van der Waals surface area contributed by atoms with Crippen LogP contribution in [0.2, 0.25) is 0 Å². The lowest BCUT2D eigenvalue weighted by molar-refractivity contribution is 1.32. The standard InChI is InChI=1S/C5H6Cl4/c1-3(2-6)4(7)5(8)9/h5H,2H2,1H3/b4-3-. The molecule has 0 amide bonds. The maximum Gasteiger partial charge on any atom is 0.143 e. The molecule has 0 N–H and O–H groups in total. The van der Waals surface area contributed by atoms with Crippen molar-refractivity contribution in [1.82, 2.24) is 0 Å². The van der Waals surface area contributed by atoms with Gasteiger partial charge in [-0.05, 0) is 12.5 Å². The first-order chi connectivity index (χ1) is 4.09. The van der Waals surface area contributed by atoms with Crippen molar-refractivity contribution in [1.29, 1.82) is 0 Å². The van der Waals surface area contributed by atoms with E-state index in [4.69, 9.17) is 46.4 Å². The van der Waals surface area contributed by atoms with E-state index in [0.29, 0.717) is 10.9 Å². The Morgan fingerprint density at radius 2 is 1.89 bits per heavy atom. The number of halogens is 4. The Morgan fingerprint density at radius 1 is 1.44 bits per heavy atom. The Kier molecular flexibility index (Phi) is 5.14. The Balaban J connectivity index is 4.10. The summed E-state index contributed by atoms with van der Waals surface area (Å²) in [5.41, 5.74) is 0.813. The fourth-order valence-electron chi connectivity index (χ4n) is 0.250. The first-order valence-corrected chi connectivity index (χ1v) is 4.07. The Morgan fingerprint density at radius 3 is 2.00 bits per heavy atom. The van der Waals surface area contributed by atoms with Gasteiger partial charge in [-0.25, -0.2) is 0 Å². The van der Waals surface area contributed by atoms with Crippen LogP contribution in [-0.4, -0.2) is 10.7 Å². The van der Waals surface area contributed by atoms with Crippen molar-refractivity contribution in [3.05, 3.63) is 10.6 Å². The smallest absolute Gasteiger partial charge is 0.122 e. The van der Waals surface area contributed by atoms with Gasteiger partial charge in [0.05, 0.1) is 5.03 Å². The monoisotopic (exact) mass is 206 g/mol. The van der Waals surface area contributed by atoms with Crippen LogP contribution in [0.1, 0.15) is 6.92 Å². The highest BCUT2D eigenvalue weighted by Crippen LogP contribution is 2.22. The summed E-state index contributed by atoms with van der Waals surface area (Å²) in [7, 11) is 0. The maximum absolute atomic E-state index is 5.60. The van der Waals surface area contributed by atoms with Crippen molar-refractivity contribution >= 4 is 46.4 Å². The number of rotatable bonds is 2. The summed E-state index contributed by atoms with van der Waals surface area (Å²) in [6, 6.07) is 0. The first kappa shape index (κ1) is 9.90. The second-order valence-electron chi connectivity index (χ2n) is 1.56. The Bertz CT molecular complexity index is 116. The SMILES string of the molecule is C/C(CCl)=C(/Cl)C(Cl)Cl. The molecular weight excluding hydrogens is 202 g/mol. The van der Waals surface area contributed by atoms with E-state index < -0.39 is 4.84 Å². The van der Waals surface area contributed by atoms with Crippen LogP contribution in [0.15, 0.2) is 10.6 Å². The quantitative estimate of drug-likeness (QED) is 0.608. The molecule has 4 heteroatoms. The molecule has 0 unspecified atom stereocenters. The number of allylic oxidation sites excluding steroid dienone is 2. The van der Waals surface area contributed by atoms with E-state index in [9.17, 15) is 0 Å². The third-order valence-corrected chi connectivity index (χ3v) is 2.40. The average Bonchev–Trinajstić information content (AvgIpc) is 1.84. The first-order valence-electron chi connectivity index (χ1n) is 2.28. The highest BCUT2D eigenvalue weighted by atomic mass is 35.5. The zero-order valence-electron chi connectivity index (χ0n) is 4.80. The van der Waals surface area contributed by atoms with E-state index in [1.54, 1.807) is 6.92 Å². The molecule has 0 heterocycles. The van der Waals surface area contributed by atoms with Crippen LogP contribution in [0.5, 0.6) is 0 Å². The van der Waals surface area contributed by atoms with E-state index in [1.165, 1.54) is 0 Å². The number of hydrogen-bond donors (Lipinski definition) is 0. The van der Waals surface area contributed by atoms with Crippen molar-refractivity contribution in [2.24, 2.45) is 0 Å². The normalized spacial score (nSPS) is 14.0. The minimum absolute atomic E-state index is 0.370. The highest BCUT2D eigenvalue weighted by molar-refractivity contribution is 6.52. The molecule has 0 aromatic carbocycles. The second kappa shape index (κ2) is 4.68. The van der Waals surface area contributed by atoms with Gasteiger partial charge in [0, 0.05) is 5.88 Å². The van der Waals surface area contributed by atoms with Crippen LogP contribution in [0.3, 0.4) is 0 Å². The van der Waals surface area contributed by atoms with E-state index in [-0.39, 0.29) is 0 Å². The third-order valence-electron chi connectivity index (χ3n) is 0.800. The van der Waals surface area contributed by atoms with Crippen molar-refractivity contribution in [2.75, 3.05) is 5.88 Å². The molecule has 0 nitrogen and oxygen atoms in total. The topological polar surface area (TPSA) is 0 Å². The molecule has 54 valence electrons. The Hall–Kier alpha value is 0.900. The lowest BCUT2D eigenvalue weighted by Crippen LogP contribution is -1.91. The van der Waals surface area contributed by atoms with Crippen LogP contribution >= 0.6 is 46.4 Å². The minimum Gasteiger partial charge on any atom is -0.122 e. The summed E-state index contributed by atoms with van der Waals surface area (Å²) in [6.45, 7) is 1.78. The molecule has 0 spiro atoms. The van der Waals surface area contributed by atoms with Crippen LogP contribution in [0, 0.1) is 0 Å². The molecule has 0 radical (unpaired) electrons. The highest BCUT2D eigenvalue weighted by Gasteiger charge is 2.06. The van der Waals surface area contributed by atoms with Gasteiger partial charge < -0.3 is 0 Å².